The van der Waals surface area contributed by atoms with Crippen molar-refractivity contribution in [3.8, 4) is 0 Å². The van der Waals surface area contributed by atoms with Crippen molar-refractivity contribution in [2.24, 2.45) is 0 Å². The Balaban J connectivity index is 0.000000845. The minimum atomic E-state index is -2.16. The highest BCUT2D eigenvalue weighted by Crippen LogP contribution is 2.13. The number of hydrogen-bond donors (Lipinski definition) is 1. The van der Waals surface area contributed by atoms with Crippen molar-refractivity contribution in [1.82, 2.24) is 15.1 Å². The minimum Gasteiger partial charge on any atom is -0.768 e. The zero-order valence-corrected chi connectivity index (χ0v) is 8.36. The van der Waals surface area contributed by atoms with E-state index < -0.39 is 11.1 Å². The van der Waals surface area contributed by atoms with E-state index in [1.807, 2.05) is 0 Å². The number of aromatic nitrogens is 2. The Morgan fingerprint density at radius 1 is 1.69 bits per heavy atom. The Labute approximate surface area is 84.2 Å². The highest BCUT2D eigenvalue weighted by molar-refractivity contribution is 7.79. The van der Waals surface area contributed by atoms with Gasteiger partial charge in [0, 0.05) is 13.1 Å². The number of nitrogens with zero attached hydrogens (tertiary/aromatic N) is 2. The maximum atomic E-state index is 10.7. The largest absolute Gasteiger partial charge is 0.768 e. The first-order valence-corrected chi connectivity index (χ1v) is 4.71. The zero-order valence-electron chi connectivity index (χ0n) is 6.73. The van der Waals surface area contributed by atoms with E-state index in [2.05, 4.69) is 10.4 Å². The molecule has 0 bridgehead atoms. The fourth-order valence-electron chi connectivity index (χ4n) is 1.30. The molecule has 13 heavy (non-hydrogen) atoms. The summed E-state index contributed by atoms with van der Waals surface area (Å²) < 4.78 is 23.0. The van der Waals surface area contributed by atoms with Gasteiger partial charge in [-0.05, 0) is 11.1 Å². The summed E-state index contributed by atoms with van der Waals surface area (Å²) in [5.74, 6) is 0. The molecule has 0 aliphatic carbocycles. The van der Waals surface area contributed by atoms with Gasteiger partial charge in [-0.25, -0.2) is 0 Å². The second-order valence-electron chi connectivity index (χ2n) is 2.59. The summed E-state index contributed by atoms with van der Waals surface area (Å²) >= 11 is -2.16. The predicted octanol–water partition coefficient (Wildman–Crippen LogP) is -0.354. The summed E-state index contributed by atoms with van der Waals surface area (Å²) in [4.78, 5) is 0.308. The lowest BCUT2D eigenvalue weighted by atomic mass is 10.3. The monoisotopic (exact) mass is 222 g/mol. The average Bonchev–Trinajstić information content (AvgIpc) is 2.47. The first-order valence-electron chi connectivity index (χ1n) is 3.63. The molecule has 0 saturated heterocycles. The van der Waals surface area contributed by atoms with Crippen LogP contribution < -0.4 is 5.32 Å². The lowest BCUT2D eigenvalue weighted by Crippen LogP contribution is -2.29. The molecule has 0 fully saturated rings. The SMILES string of the molecule is Cl.O=S([O-])c1cnn2c1CNCC2. The van der Waals surface area contributed by atoms with Crippen LogP contribution >= 0.6 is 12.4 Å². The highest BCUT2D eigenvalue weighted by atomic mass is 35.5. The van der Waals surface area contributed by atoms with Crippen molar-refractivity contribution in [3.63, 3.8) is 0 Å². The van der Waals surface area contributed by atoms with E-state index in [9.17, 15) is 8.76 Å². The molecular weight excluding hydrogens is 214 g/mol. The maximum Gasteiger partial charge on any atom is 0.0674 e. The molecule has 0 radical (unpaired) electrons. The Morgan fingerprint density at radius 2 is 2.46 bits per heavy atom. The average molecular weight is 223 g/mol. The molecule has 1 atom stereocenters. The third-order valence-electron chi connectivity index (χ3n) is 1.88. The standard InChI is InChI=1S/C6H9N3O2S.ClH/c10-12(11)6-4-8-9-2-1-7-3-5(6)9;/h4,7H,1-3H2,(H,10,11);1H/p-1. The van der Waals surface area contributed by atoms with Crippen LogP contribution in [0.15, 0.2) is 11.1 Å². The molecule has 5 nitrogen and oxygen atoms in total. The first-order chi connectivity index (χ1) is 5.79. The van der Waals surface area contributed by atoms with Gasteiger partial charge in [0.15, 0.2) is 0 Å². The molecule has 1 aromatic heterocycles. The molecule has 0 aromatic carbocycles. The first kappa shape index (κ1) is 10.6. The summed E-state index contributed by atoms with van der Waals surface area (Å²) in [5, 5.41) is 7.05. The van der Waals surface area contributed by atoms with Gasteiger partial charge in [0.05, 0.1) is 23.3 Å². The van der Waals surface area contributed by atoms with Gasteiger partial charge in [-0.3, -0.25) is 8.89 Å². The minimum absolute atomic E-state index is 0. The van der Waals surface area contributed by atoms with Gasteiger partial charge in [0.25, 0.3) is 0 Å². The van der Waals surface area contributed by atoms with Crippen molar-refractivity contribution in [1.29, 1.82) is 0 Å². The Kier molecular flexibility index (Phi) is 3.43. The van der Waals surface area contributed by atoms with Gasteiger partial charge in [-0.1, -0.05) is 0 Å². The lowest BCUT2D eigenvalue weighted by Gasteiger charge is -2.16. The second kappa shape index (κ2) is 4.19. The summed E-state index contributed by atoms with van der Waals surface area (Å²) in [6.07, 6.45) is 1.39. The molecule has 7 heteroatoms. The number of nitrogens with one attached hydrogen (secondary N) is 1. The lowest BCUT2D eigenvalue weighted by molar-refractivity contribution is 0.468. The molecule has 1 N–H and O–H groups in total. The van der Waals surface area contributed by atoms with Crippen LogP contribution in [0.25, 0.3) is 0 Å². The second-order valence-corrected chi connectivity index (χ2v) is 3.50. The molecule has 0 amide bonds. The molecular formula is C6H9ClN3O2S-. The normalized spacial score (nSPS) is 17.3. The fourth-order valence-corrected chi connectivity index (χ4v) is 1.80. The van der Waals surface area contributed by atoms with Crippen LogP contribution in [0.3, 0.4) is 0 Å². The molecule has 0 saturated carbocycles. The van der Waals surface area contributed by atoms with Crippen molar-refractivity contribution < 1.29 is 8.76 Å². The highest BCUT2D eigenvalue weighted by Gasteiger charge is 2.13. The van der Waals surface area contributed by atoms with Gasteiger partial charge in [-0.15, -0.1) is 12.4 Å². The predicted molar refractivity (Wildman–Crippen MR) is 48.4 cm³/mol. The molecule has 1 unspecified atom stereocenters. The van der Waals surface area contributed by atoms with Crippen LogP contribution in [0.1, 0.15) is 5.69 Å². The van der Waals surface area contributed by atoms with Gasteiger partial charge in [0.2, 0.25) is 0 Å². The van der Waals surface area contributed by atoms with Crippen LogP contribution in [0.2, 0.25) is 0 Å². The van der Waals surface area contributed by atoms with Crippen LogP contribution in [-0.2, 0) is 24.2 Å². The summed E-state index contributed by atoms with van der Waals surface area (Å²) in [6.45, 7) is 2.18. The third kappa shape index (κ3) is 1.91. The van der Waals surface area contributed by atoms with Crippen LogP contribution in [0, 0.1) is 0 Å². The van der Waals surface area contributed by atoms with Crippen molar-refractivity contribution in [3.05, 3.63) is 11.9 Å². The maximum absolute atomic E-state index is 10.7. The fraction of sp³-hybridized carbons (Fsp3) is 0.500. The summed E-state index contributed by atoms with van der Waals surface area (Å²) in [5.41, 5.74) is 0.759. The number of fused-ring (bicyclic) bond motifs is 1. The smallest absolute Gasteiger partial charge is 0.0674 e. The van der Waals surface area contributed by atoms with Gasteiger partial charge in [-0.2, -0.15) is 5.10 Å². The molecule has 74 valence electrons. The molecule has 1 aliphatic heterocycles. The van der Waals surface area contributed by atoms with Crippen molar-refractivity contribution >= 4 is 23.5 Å². The van der Waals surface area contributed by atoms with E-state index in [1.165, 1.54) is 6.20 Å². The van der Waals surface area contributed by atoms with Crippen LogP contribution in [0.4, 0.5) is 0 Å². The van der Waals surface area contributed by atoms with E-state index in [0.717, 1.165) is 18.8 Å². The van der Waals surface area contributed by atoms with E-state index in [1.54, 1.807) is 4.68 Å². The third-order valence-corrected chi connectivity index (χ3v) is 2.58. The molecule has 1 aliphatic rings. The summed E-state index contributed by atoms with van der Waals surface area (Å²) in [7, 11) is 0. The van der Waals surface area contributed by atoms with E-state index >= 15 is 0 Å². The zero-order chi connectivity index (χ0) is 8.55. The van der Waals surface area contributed by atoms with E-state index in [-0.39, 0.29) is 12.4 Å². The van der Waals surface area contributed by atoms with E-state index in [4.69, 9.17) is 0 Å². The molecule has 2 heterocycles. The topological polar surface area (TPSA) is 70.0 Å². The van der Waals surface area contributed by atoms with Gasteiger partial charge < -0.3 is 9.87 Å². The molecule has 0 spiro atoms. The number of halogens is 1. The Hall–Kier alpha value is -0.430. The Morgan fingerprint density at radius 3 is 3.15 bits per heavy atom. The number of hydrogen-bond acceptors (Lipinski definition) is 4. The quantitative estimate of drug-likeness (QED) is 0.660. The molecule has 2 rings (SSSR count). The van der Waals surface area contributed by atoms with Crippen molar-refractivity contribution in [2.75, 3.05) is 6.54 Å². The number of rotatable bonds is 1. The summed E-state index contributed by atoms with van der Waals surface area (Å²) in [6, 6.07) is 0. The Bertz CT molecular complexity index is 328. The van der Waals surface area contributed by atoms with Crippen LogP contribution in [-0.4, -0.2) is 25.1 Å². The van der Waals surface area contributed by atoms with Gasteiger partial charge >= 0.3 is 0 Å². The van der Waals surface area contributed by atoms with Gasteiger partial charge in [0.1, 0.15) is 0 Å². The van der Waals surface area contributed by atoms with Crippen molar-refractivity contribution in [2.45, 2.75) is 18.0 Å². The van der Waals surface area contributed by atoms with Crippen LogP contribution in [0.5, 0.6) is 0 Å². The molecule has 1 aromatic rings. The van der Waals surface area contributed by atoms with E-state index in [0.29, 0.717) is 11.4 Å².